The third-order valence-corrected chi connectivity index (χ3v) is 4.23. The first-order valence-corrected chi connectivity index (χ1v) is 8.34. The number of methoxy groups -OCH3 is 1. The van der Waals surface area contributed by atoms with Crippen molar-refractivity contribution in [3.63, 3.8) is 0 Å². The number of rotatable bonds is 3. The zero-order chi connectivity index (χ0) is 12.5. The van der Waals surface area contributed by atoms with E-state index < -0.39 is 19.7 Å². The molecule has 0 fully saturated rings. The van der Waals surface area contributed by atoms with Gasteiger partial charge >= 0.3 is 0 Å². The quantitative estimate of drug-likeness (QED) is 0.602. The summed E-state index contributed by atoms with van der Waals surface area (Å²) < 4.78 is 32.6. The average molecular weight is 244 g/mol. The van der Waals surface area contributed by atoms with Crippen LogP contribution in [0.3, 0.4) is 0 Å². The Balaban J connectivity index is 3.63. The van der Waals surface area contributed by atoms with Crippen LogP contribution in [0.5, 0.6) is 5.75 Å². The average Bonchev–Trinajstić information content (AvgIpc) is 2.16. The molecule has 0 spiro atoms. The van der Waals surface area contributed by atoms with Crippen molar-refractivity contribution in [1.29, 1.82) is 0 Å². The van der Waals surface area contributed by atoms with Gasteiger partial charge in [-0.05, 0) is 6.07 Å². The van der Waals surface area contributed by atoms with Crippen molar-refractivity contribution in [2.75, 3.05) is 7.11 Å². The van der Waals surface area contributed by atoms with E-state index in [9.17, 15) is 13.6 Å². The van der Waals surface area contributed by atoms with E-state index in [-0.39, 0.29) is 16.5 Å². The highest BCUT2D eigenvalue weighted by atomic mass is 28.3. The van der Waals surface area contributed by atoms with Crippen LogP contribution in [-0.4, -0.2) is 21.5 Å². The number of hydrogen-bond donors (Lipinski definition) is 0. The van der Waals surface area contributed by atoms with Gasteiger partial charge < -0.3 is 4.74 Å². The fraction of sp³-hybridized carbons (Fsp3) is 0.364. The topological polar surface area (TPSA) is 26.3 Å². The Morgan fingerprint density at radius 2 is 1.81 bits per heavy atom. The van der Waals surface area contributed by atoms with Crippen LogP contribution in [0.4, 0.5) is 8.78 Å². The minimum absolute atomic E-state index is 0.00829. The summed E-state index contributed by atoms with van der Waals surface area (Å²) in [4.78, 5) is 10.7. The van der Waals surface area contributed by atoms with Gasteiger partial charge in [0.1, 0.15) is 5.82 Å². The summed E-state index contributed by atoms with van der Waals surface area (Å²) in [5.41, 5.74) is -0.157. The molecule has 0 unspecified atom stereocenters. The van der Waals surface area contributed by atoms with Gasteiger partial charge in [0, 0.05) is 5.19 Å². The maximum atomic E-state index is 13.9. The number of aldehydes is 1. The molecule has 0 atom stereocenters. The highest BCUT2D eigenvalue weighted by Gasteiger charge is 2.29. The van der Waals surface area contributed by atoms with Crippen molar-refractivity contribution in [1.82, 2.24) is 0 Å². The molecule has 1 aromatic rings. The molecule has 16 heavy (non-hydrogen) atoms. The van der Waals surface area contributed by atoms with Gasteiger partial charge in [0.05, 0.1) is 20.7 Å². The molecular formula is C11H14F2O2Si. The molecule has 88 valence electrons. The van der Waals surface area contributed by atoms with E-state index in [2.05, 4.69) is 0 Å². The zero-order valence-corrected chi connectivity index (χ0v) is 10.7. The van der Waals surface area contributed by atoms with E-state index in [1.807, 2.05) is 19.6 Å². The second kappa shape index (κ2) is 4.33. The first kappa shape index (κ1) is 12.8. The van der Waals surface area contributed by atoms with Gasteiger partial charge in [-0.25, -0.2) is 8.78 Å². The molecule has 0 amide bonds. The van der Waals surface area contributed by atoms with Gasteiger partial charge in [-0.15, -0.1) is 0 Å². The Bertz CT molecular complexity index is 425. The van der Waals surface area contributed by atoms with Crippen molar-refractivity contribution in [2.24, 2.45) is 0 Å². The summed E-state index contributed by atoms with van der Waals surface area (Å²) in [6.07, 6.45) is 0.376. The van der Waals surface area contributed by atoms with Crippen LogP contribution in [-0.2, 0) is 0 Å². The number of carbonyl (C=O) groups is 1. The Kier molecular flexibility index (Phi) is 3.47. The van der Waals surface area contributed by atoms with E-state index in [0.29, 0.717) is 6.29 Å². The molecule has 0 aliphatic rings. The van der Waals surface area contributed by atoms with Crippen LogP contribution in [0.1, 0.15) is 10.4 Å². The van der Waals surface area contributed by atoms with Gasteiger partial charge in [0.15, 0.2) is 17.9 Å². The normalized spacial score (nSPS) is 11.4. The lowest BCUT2D eigenvalue weighted by Crippen LogP contribution is -2.43. The van der Waals surface area contributed by atoms with E-state index in [1.165, 1.54) is 7.11 Å². The maximum Gasteiger partial charge on any atom is 0.167 e. The van der Waals surface area contributed by atoms with Crippen molar-refractivity contribution in [2.45, 2.75) is 19.6 Å². The lowest BCUT2D eigenvalue weighted by molar-refractivity contribution is 0.111. The smallest absolute Gasteiger partial charge is 0.167 e. The van der Waals surface area contributed by atoms with Crippen molar-refractivity contribution in [3.05, 3.63) is 23.3 Å². The van der Waals surface area contributed by atoms with E-state index in [0.717, 1.165) is 6.07 Å². The molecule has 1 aromatic carbocycles. The minimum atomic E-state index is -2.21. The second-order valence-corrected chi connectivity index (χ2v) is 9.54. The Hall–Kier alpha value is -1.23. The third-order valence-electron chi connectivity index (χ3n) is 2.29. The monoisotopic (exact) mass is 244 g/mol. The van der Waals surface area contributed by atoms with E-state index in [4.69, 9.17) is 4.74 Å². The summed E-state index contributed by atoms with van der Waals surface area (Å²) >= 11 is 0. The Labute approximate surface area is 94.2 Å². The van der Waals surface area contributed by atoms with E-state index in [1.54, 1.807) is 0 Å². The summed E-state index contributed by atoms with van der Waals surface area (Å²) in [6.45, 7) is 5.42. The van der Waals surface area contributed by atoms with Crippen LogP contribution < -0.4 is 9.92 Å². The van der Waals surface area contributed by atoms with Gasteiger partial charge in [-0.2, -0.15) is 0 Å². The number of carbonyl (C=O) groups excluding carboxylic acids is 1. The molecule has 0 radical (unpaired) electrons. The lowest BCUT2D eigenvalue weighted by atomic mass is 10.2. The predicted octanol–water partition coefficient (Wildman–Crippen LogP) is 2.33. The lowest BCUT2D eigenvalue weighted by Gasteiger charge is -2.20. The SMILES string of the molecule is COc1cc(C=O)c(F)c([Si](C)(C)C)c1F. The van der Waals surface area contributed by atoms with E-state index >= 15 is 0 Å². The molecule has 0 heterocycles. The van der Waals surface area contributed by atoms with Gasteiger partial charge in [-0.3, -0.25) is 4.79 Å². The van der Waals surface area contributed by atoms with Crippen molar-refractivity contribution < 1.29 is 18.3 Å². The molecule has 0 bridgehead atoms. The molecule has 0 aliphatic carbocycles. The summed E-state index contributed by atoms with van der Waals surface area (Å²) in [5.74, 6) is -1.53. The fourth-order valence-corrected chi connectivity index (χ4v) is 3.11. The molecule has 0 saturated carbocycles. The highest BCUT2D eigenvalue weighted by Crippen LogP contribution is 2.22. The highest BCUT2D eigenvalue weighted by molar-refractivity contribution is 6.88. The van der Waals surface area contributed by atoms with Gasteiger partial charge in [-0.1, -0.05) is 19.6 Å². The maximum absolute atomic E-state index is 13.9. The molecule has 1 rings (SSSR count). The fourth-order valence-electron chi connectivity index (χ4n) is 1.52. The van der Waals surface area contributed by atoms with Gasteiger partial charge in [0.2, 0.25) is 0 Å². The summed E-state index contributed by atoms with van der Waals surface area (Å²) in [7, 11) is -0.916. The Morgan fingerprint density at radius 3 is 2.19 bits per heavy atom. The number of hydrogen-bond acceptors (Lipinski definition) is 2. The first-order valence-electron chi connectivity index (χ1n) is 4.84. The molecule has 0 saturated heterocycles. The minimum Gasteiger partial charge on any atom is -0.494 e. The standard InChI is InChI=1S/C11H14F2O2Si/c1-15-8-5-7(6-14)9(12)11(10(8)13)16(2,3)4/h5-6H,1-4H3. The van der Waals surface area contributed by atoms with Crippen LogP contribution in [0.2, 0.25) is 19.6 Å². The molecule has 2 nitrogen and oxygen atoms in total. The molecule has 0 aliphatic heterocycles. The summed E-state index contributed by atoms with van der Waals surface area (Å²) in [6, 6.07) is 1.08. The number of halogens is 2. The number of benzene rings is 1. The zero-order valence-electron chi connectivity index (χ0n) is 9.73. The molecular weight excluding hydrogens is 230 g/mol. The van der Waals surface area contributed by atoms with Crippen LogP contribution in [0.25, 0.3) is 0 Å². The van der Waals surface area contributed by atoms with Crippen molar-refractivity contribution >= 4 is 19.5 Å². The van der Waals surface area contributed by atoms with Crippen LogP contribution in [0, 0.1) is 11.6 Å². The number of ether oxygens (including phenoxy) is 1. The Morgan fingerprint density at radius 1 is 1.25 bits per heavy atom. The molecule has 5 heteroatoms. The predicted molar refractivity (Wildman–Crippen MR) is 61.3 cm³/mol. The van der Waals surface area contributed by atoms with Crippen LogP contribution >= 0.6 is 0 Å². The molecule has 0 N–H and O–H groups in total. The summed E-state index contributed by atoms with van der Waals surface area (Å²) in [5, 5.41) is 0.00829. The van der Waals surface area contributed by atoms with Crippen LogP contribution in [0.15, 0.2) is 6.07 Å². The molecule has 0 aromatic heterocycles. The first-order chi connectivity index (χ1) is 7.32. The third kappa shape index (κ3) is 2.14. The van der Waals surface area contributed by atoms with Crippen molar-refractivity contribution in [3.8, 4) is 5.75 Å². The van der Waals surface area contributed by atoms with Gasteiger partial charge in [0.25, 0.3) is 0 Å². The second-order valence-electron chi connectivity index (χ2n) is 4.54. The largest absolute Gasteiger partial charge is 0.494 e.